The van der Waals surface area contributed by atoms with Crippen LogP contribution in [0.2, 0.25) is 0 Å². The molecule has 2 aromatic rings. The van der Waals surface area contributed by atoms with E-state index in [1.54, 1.807) is 34.8 Å². The molecule has 1 amide bonds. The van der Waals surface area contributed by atoms with Crippen molar-refractivity contribution in [2.24, 2.45) is 5.92 Å². The molecule has 0 bridgehead atoms. The third-order valence-electron chi connectivity index (χ3n) is 4.55. The van der Waals surface area contributed by atoms with E-state index in [1.807, 2.05) is 6.07 Å². The van der Waals surface area contributed by atoms with Gasteiger partial charge in [0, 0.05) is 25.5 Å². The van der Waals surface area contributed by atoms with E-state index >= 15 is 0 Å². The number of carbonyl (C=O) groups excluding carboxylic acids is 1. The summed E-state index contributed by atoms with van der Waals surface area (Å²) in [5.74, 6) is 0.0936. The molecule has 3 heterocycles. The molecule has 8 nitrogen and oxygen atoms in total. The number of nitrogens with zero attached hydrogens (tertiary/aromatic N) is 4. The number of aryl methyl sites for hydroxylation is 1. The molecule has 0 saturated carbocycles. The predicted molar refractivity (Wildman–Crippen MR) is 93.4 cm³/mol. The summed E-state index contributed by atoms with van der Waals surface area (Å²) in [6.45, 7) is 5.30. The monoisotopic (exact) mass is 344 g/mol. The van der Waals surface area contributed by atoms with Gasteiger partial charge in [0.15, 0.2) is 0 Å². The smallest absolute Gasteiger partial charge is 0.263 e. The minimum atomic E-state index is -0.335. The number of hydrogen-bond acceptors (Lipinski definition) is 5. The van der Waals surface area contributed by atoms with E-state index in [0.29, 0.717) is 31.1 Å². The van der Waals surface area contributed by atoms with Gasteiger partial charge in [0.1, 0.15) is 5.56 Å². The molecule has 0 spiro atoms. The van der Waals surface area contributed by atoms with E-state index in [4.69, 9.17) is 0 Å². The van der Waals surface area contributed by atoms with Crippen molar-refractivity contribution in [3.63, 3.8) is 0 Å². The zero-order chi connectivity index (χ0) is 17.6. The van der Waals surface area contributed by atoms with Crippen molar-refractivity contribution < 1.29 is 4.79 Å². The molecule has 2 aromatic heterocycles. The van der Waals surface area contributed by atoms with E-state index in [0.717, 1.165) is 25.9 Å². The van der Waals surface area contributed by atoms with Crippen molar-refractivity contribution >= 4 is 5.91 Å². The number of piperidine rings is 1. The Hall–Kier alpha value is -2.48. The lowest BCUT2D eigenvalue weighted by Crippen LogP contribution is -2.38. The molecule has 2 N–H and O–H groups in total. The van der Waals surface area contributed by atoms with Gasteiger partial charge in [0.05, 0.1) is 12.7 Å². The van der Waals surface area contributed by atoms with E-state index < -0.39 is 0 Å². The number of amides is 1. The Morgan fingerprint density at radius 1 is 1.44 bits per heavy atom. The van der Waals surface area contributed by atoms with E-state index in [9.17, 15) is 9.59 Å². The van der Waals surface area contributed by atoms with Crippen molar-refractivity contribution in [2.45, 2.75) is 32.9 Å². The van der Waals surface area contributed by atoms with Crippen molar-refractivity contribution in [2.75, 3.05) is 19.6 Å². The normalized spacial score (nSPS) is 17.4. The third kappa shape index (κ3) is 4.33. The van der Waals surface area contributed by atoms with Gasteiger partial charge < -0.3 is 15.2 Å². The van der Waals surface area contributed by atoms with Crippen LogP contribution in [0.5, 0.6) is 0 Å². The fourth-order valence-corrected chi connectivity index (χ4v) is 3.17. The molecule has 1 saturated heterocycles. The summed E-state index contributed by atoms with van der Waals surface area (Å²) in [6, 6.07) is 1.84. The van der Waals surface area contributed by atoms with Crippen LogP contribution in [0.1, 0.15) is 28.8 Å². The zero-order valence-electron chi connectivity index (χ0n) is 14.4. The molecule has 1 aliphatic rings. The van der Waals surface area contributed by atoms with Crippen molar-refractivity contribution in [3.8, 4) is 0 Å². The Kier molecular flexibility index (Phi) is 5.60. The summed E-state index contributed by atoms with van der Waals surface area (Å²) >= 11 is 0. The van der Waals surface area contributed by atoms with Crippen LogP contribution in [0.15, 0.2) is 29.5 Å². The summed E-state index contributed by atoms with van der Waals surface area (Å²) in [5.41, 5.74) is 0.704. The SMILES string of the molecule is Cc1ccn(CC2CCCNC2)c(=O)c1C(=O)NCCn1ccnn1. The van der Waals surface area contributed by atoms with E-state index in [1.165, 1.54) is 0 Å². The van der Waals surface area contributed by atoms with E-state index in [2.05, 4.69) is 20.9 Å². The quantitative estimate of drug-likeness (QED) is 0.780. The lowest BCUT2D eigenvalue weighted by Gasteiger charge is -2.23. The molecule has 1 aliphatic heterocycles. The lowest BCUT2D eigenvalue weighted by molar-refractivity contribution is 0.0949. The molecular weight excluding hydrogens is 320 g/mol. The van der Waals surface area contributed by atoms with Gasteiger partial charge in [-0.25, -0.2) is 0 Å². The Labute approximate surface area is 146 Å². The maximum absolute atomic E-state index is 12.8. The van der Waals surface area contributed by atoms with Crippen LogP contribution in [0.25, 0.3) is 0 Å². The summed E-state index contributed by atoms with van der Waals surface area (Å²) in [5, 5.41) is 13.7. The van der Waals surface area contributed by atoms with Crippen LogP contribution < -0.4 is 16.2 Å². The second-order valence-electron chi connectivity index (χ2n) is 6.47. The standard InChI is InChI=1S/C17H24N6O2/c1-13-4-8-22(12-14-3-2-5-18-11-14)17(25)15(13)16(24)19-6-9-23-10-7-20-21-23/h4,7-8,10,14,18H,2-3,5-6,9,11-12H2,1H3,(H,19,24). The molecule has 25 heavy (non-hydrogen) atoms. The number of carbonyl (C=O) groups is 1. The van der Waals surface area contributed by atoms with Crippen LogP contribution >= 0.6 is 0 Å². The number of nitrogens with one attached hydrogen (secondary N) is 2. The number of hydrogen-bond donors (Lipinski definition) is 2. The molecule has 0 aromatic carbocycles. The molecule has 1 fully saturated rings. The minimum absolute atomic E-state index is 0.219. The van der Waals surface area contributed by atoms with Gasteiger partial charge in [0.25, 0.3) is 11.5 Å². The van der Waals surface area contributed by atoms with Gasteiger partial charge in [-0.1, -0.05) is 5.21 Å². The molecule has 0 radical (unpaired) electrons. The Bertz CT molecular complexity index is 762. The fourth-order valence-electron chi connectivity index (χ4n) is 3.17. The Morgan fingerprint density at radius 2 is 2.32 bits per heavy atom. The Morgan fingerprint density at radius 3 is 3.04 bits per heavy atom. The zero-order valence-corrected chi connectivity index (χ0v) is 14.4. The van der Waals surface area contributed by atoms with Gasteiger partial charge in [0.2, 0.25) is 0 Å². The van der Waals surface area contributed by atoms with Crippen LogP contribution in [0.3, 0.4) is 0 Å². The van der Waals surface area contributed by atoms with Crippen molar-refractivity contribution in [1.29, 1.82) is 0 Å². The number of rotatable bonds is 6. The van der Waals surface area contributed by atoms with E-state index in [-0.39, 0.29) is 17.0 Å². The average Bonchev–Trinajstić information content (AvgIpc) is 3.12. The highest BCUT2D eigenvalue weighted by Crippen LogP contribution is 2.12. The molecule has 3 rings (SSSR count). The van der Waals surface area contributed by atoms with Crippen LogP contribution in [0.4, 0.5) is 0 Å². The first-order valence-electron chi connectivity index (χ1n) is 8.68. The molecule has 1 atom stereocenters. The summed E-state index contributed by atoms with van der Waals surface area (Å²) in [7, 11) is 0. The first-order chi connectivity index (χ1) is 12.1. The second kappa shape index (κ2) is 8.06. The molecule has 8 heteroatoms. The molecule has 134 valence electrons. The molecule has 0 aliphatic carbocycles. The fraction of sp³-hybridized carbons (Fsp3) is 0.529. The minimum Gasteiger partial charge on any atom is -0.350 e. The Balaban J connectivity index is 1.67. The van der Waals surface area contributed by atoms with Gasteiger partial charge in [-0.05, 0) is 50.4 Å². The third-order valence-corrected chi connectivity index (χ3v) is 4.55. The van der Waals surface area contributed by atoms with Gasteiger partial charge in [-0.2, -0.15) is 0 Å². The first-order valence-corrected chi connectivity index (χ1v) is 8.68. The maximum Gasteiger partial charge on any atom is 0.263 e. The number of aromatic nitrogens is 4. The largest absolute Gasteiger partial charge is 0.350 e. The van der Waals surface area contributed by atoms with Crippen LogP contribution in [-0.4, -0.2) is 45.1 Å². The summed E-state index contributed by atoms with van der Waals surface area (Å²) in [4.78, 5) is 25.2. The van der Waals surface area contributed by atoms with Gasteiger partial charge in [-0.15, -0.1) is 5.10 Å². The van der Waals surface area contributed by atoms with Crippen molar-refractivity contribution in [1.82, 2.24) is 30.2 Å². The molecule has 1 unspecified atom stereocenters. The maximum atomic E-state index is 12.8. The average molecular weight is 344 g/mol. The molecular formula is C17H24N6O2. The van der Waals surface area contributed by atoms with Gasteiger partial charge >= 0.3 is 0 Å². The highest BCUT2D eigenvalue weighted by molar-refractivity contribution is 5.95. The second-order valence-corrected chi connectivity index (χ2v) is 6.47. The number of pyridine rings is 1. The topological polar surface area (TPSA) is 93.8 Å². The highest BCUT2D eigenvalue weighted by Gasteiger charge is 2.18. The lowest BCUT2D eigenvalue weighted by atomic mass is 9.99. The first kappa shape index (κ1) is 17.3. The van der Waals surface area contributed by atoms with Crippen LogP contribution in [0, 0.1) is 12.8 Å². The summed E-state index contributed by atoms with van der Waals surface area (Å²) < 4.78 is 3.30. The van der Waals surface area contributed by atoms with Crippen molar-refractivity contribution in [3.05, 3.63) is 46.1 Å². The highest BCUT2D eigenvalue weighted by atomic mass is 16.2. The summed E-state index contributed by atoms with van der Waals surface area (Å²) in [6.07, 6.45) is 7.33. The van der Waals surface area contributed by atoms with Crippen LogP contribution in [-0.2, 0) is 13.1 Å². The predicted octanol–water partition coefficient (Wildman–Crippen LogP) is 0.178. The van der Waals surface area contributed by atoms with Gasteiger partial charge in [-0.3, -0.25) is 14.3 Å².